The molecule has 110 valence electrons. The normalized spacial score (nSPS) is 10.4. The molecule has 0 bridgehead atoms. The molecule has 0 aliphatic heterocycles. The highest BCUT2D eigenvalue weighted by molar-refractivity contribution is 7.71. The number of aromatic hydroxyl groups is 1. The van der Waals surface area contributed by atoms with Gasteiger partial charge in [0.15, 0.2) is 4.77 Å². The molecule has 3 rings (SSSR count). The fraction of sp³-hybridized carbons (Fsp3) is 0.0588. The minimum absolute atomic E-state index is 0.229. The maximum atomic E-state index is 9.39. The van der Waals surface area contributed by atoms with Crippen LogP contribution in [0, 0.1) is 4.77 Å². The van der Waals surface area contributed by atoms with Gasteiger partial charge in [0.1, 0.15) is 11.5 Å². The van der Waals surface area contributed by atoms with Crippen LogP contribution in [0.4, 0.5) is 0 Å². The lowest BCUT2D eigenvalue weighted by molar-refractivity contribution is 0.415. The molecule has 0 spiro atoms. The lowest BCUT2D eigenvalue weighted by Gasteiger charge is -2.07. The second-order valence-electron chi connectivity index (χ2n) is 4.76. The first kappa shape index (κ1) is 14.3. The minimum Gasteiger partial charge on any atom is -0.508 e. The molecule has 2 aromatic carbocycles. The Bertz CT molecular complexity index is 840. The Hall–Kier alpha value is -2.66. The summed E-state index contributed by atoms with van der Waals surface area (Å²) in [7, 11) is 1.63. The summed E-state index contributed by atoms with van der Waals surface area (Å²) < 4.78 is 5.58. The summed E-state index contributed by atoms with van der Waals surface area (Å²) in [5.41, 5.74) is 3.53. The molecule has 0 aliphatic carbocycles. The monoisotopic (exact) mass is 310 g/mol. The fourth-order valence-corrected chi connectivity index (χ4v) is 2.37. The molecule has 1 heterocycles. The molecule has 0 atom stereocenters. The molecule has 2 N–H and O–H groups in total. The van der Waals surface area contributed by atoms with Crippen molar-refractivity contribution in [2.45, 2.75) is 0 Å². The standard InChI is InChI=1S/C17H14N2O2S/c1-21-14-8-4-12(5-9-14)16-10-15(18-17(22)19-16)11-2-6-13(20)7-3-11/h2-10,20H,1H3,(H,18,19,22). The zero-order valence-corrected chi connectivity index (χ0v) is 12.7. The Balaban J connectivity index is 2.05. The molecular formula is C17H14N2O2S. The summed E-state index contributed by atoms with van der Waals surface area (Å²) in [4.78, 5) is 7.44. The molecule has 5 heteroatoms. The summed E-state index contributed by atoms with van der Waals surface area (Å²) >= 11 is 5.22. The lowest BCUT2D eigenvalue weighted by Crippen LogP contribution is -1.91. The van der Waals surface area contributed by atoms with Gasteiger partial charge in [0.25, 0.3) is 0 Å². The van der Waals surface area contributed by atoms with E-state index in [-0.39, 0.29) is 5.75 Å². The Morgan fingerprint density at radius 1 is 1.00 bits per heavy atom. The molecule has 0 saturated carbocycles. The number of nitrogens with zero attached hydrogens (tertiary/aromatic N) is 1. The van der Waals surface area contributed by atoms with E-state index in [0.29, 0.717) is 4.77 Å². The molecule has 3 aromatic rings. The van der Waals surface area contributed by atoms with Crippen molar-refractivity contribution < 1.29 is 9.84 Å². The van der Waals surface area contributed by atoms with Crippen LogP contribution < -0.4 is 4.74 Å². The van der Waals surface area contributed by atoms with Gasteiger partial charge in [-0.2, -0.15) is 0 Å². The van der Waals surface area contributed by atoms with Gasteiger partial charge in [-0.1, -0.05) is 0 Å². The number of ether oxygens (including phenoxy) is 1. The van der Waals surface area contributed by atoms with Crippen molar-refractivity contribution >= 4 is 12.2 Å². The number of phenolic OH excluding ortho intramolecular Hbond substituents is 1. The Labute approximate surface area is 133 Å². The van der Waals surface area contributed by atoms with Gasteiger partial charge in [0.05, 0.1) is 12.8 Å². The summed E-state index contributed by atoms with van der Waals surface area (Å²) in [6, 6.07) is 16.5. The number of aromatic amines is 1. The number of H-pyrrole nitrogens is 1. The second-order valence-corrected chi connectivity index (χ2v) is 5.15. The Morgan fingerprint density at radius 3 is 2.27 bits per heavy atom. The lowest BCUT2D eigenvalue weighted by atomic mass is 10.1. The summed E-state index contributed by atoms with van der Waals surface area (Å²) in [5, 5.41) is 9.39. The molecule has 1 aromatic heterocycles. The fourth-order valence-electron chi connectivity index (χ4n) is 2.16. The van der Waals surface area contributed by atoms with Gasteiger partial charge < -0.3 is 14.8 Å². The smallest absolute Gasteiger partial charge is 0.197 e. The number of methoxy groups -OCH3 is 1. The van der Waals surface area contributed by atoms with Crippen molar-refractivity contribution in [2.24, 2.45) is 0 Å². The first-order valence-electron chi connectivity index (χ1n) is 6.71. The van der Waals surface area contributed by atoms with Gasteiger partial charge in [-0.15, -0.1) is 0 Å². The number of hydrogen-bond acceptors (Lipinski definition) is 4. The van der Waals surface area contributed by atoms with Crippen LogP contribution in [-0.4, -0.2) is 22.2 Å². The number of hydrogen-bond donors (Lipinski definition) is 2. The number of phenols is 1. The third kappa shape index (κ3) is 2.99. The van der Waals surface area contributed by atoms with Crippen LogP contribution in [0.2, 0.25) is 0 Å². The van der Waals surface area contributed by atoms with Crippen LogP contribution in [-0.2, 0) is 0 Å². The van der Waals surface area contributed by atoms with Gasteiger partial charge in [-0.3, -0.25) is 0 Å². The van der Waals surface area contributed by atoms with Gasteiger partial charge in [0.2, 0.25) is 0 Å². The van der Waals surface area contributed by atoms with E-state index in [2.05, 4.69) is 9.97 Å². The first-order chi connectivity index (χ1) is 10.7. The van der Waals surface area contributed by atoms with E-state index in [9.17, 15) is 5.11 Å². The van der Waals surface area contributed by atoms with E-state index in [1.807, 2.05) is 42.5 Å². The predicted molar refractivity (Wildman–Crippen MR) is 88.5 cm³/mol. The van der Waals surface area contributed by atoms with Crippen LogP contribution in [0.3, 0.4) is 0 Å². The Kier molecular flexibility index (Phi) is 3.89. The Morgan fingerprint density at radius 2 is 1.64 bits per heavy atom. The number of aromatic nitrogens is 2. The van der Waals surface area contributed by atoms with E-state index >= 15 is 0 Å². The van der Waals surface area contributed by atoms with E-state index in [0.717, 1.165) is 28.3 Å². The van der Waals surface area contributed by atoms with Crippen LogP contribution in [0.25, 0.3) is 22.5 Å². The van der Waals surface area contributed by atoms with Crippen molar-refractivity contribution in [1.29, 1.82) is 0 Å². The molecule has 4 nitrogen and oxygen atoms in total. The predicted octanol–water partition coefficient (Wildman–Crippen LogP) is 4.19. The number of benzene rings is 2. The summed E-state index contributed by atoms with van der Waals surface area (Å²) in [5.74, 6) is 1.02. The zero-order valence-electron chi connectivity index (χ0n) is 11.9. The van der Waals surface area contributed by atoms with Gasteiger partial charge >= 0.3 is 0 Å². The number of rotatable bonds is 3. The molecule has 0 amide bonds. The van der Waals surface area contributed by atoms with Crippen molar-refractivity contribution in [1.82, 2.24) is 9.97 Å². The highest BCUT2D eigenvalue weighted by Crippen LogP contribution is 2.25. The third-order valence-electron chi connectivity index (χ3n) is 3.31. The van der Waals surface area contributed by atoms with Gasteiger partial charge in [-0.25, -0.2) is 4.98 Å². The molecule has 0 fully saturated rings. The average Bonchev–Trinajstić information content (AvgIpc) is 2.55. The summed E-state index contributed by atoms with van der Waals surface area (Å²) in [6.45, 7) is 0. The molecule has 22 heavy (non-hydrogen) atoms. The van der Waals surface area contributed by atoms with Crippen LogP contribution >= 0.6 is 12.2 Å². The van der Waals surface area contributed by atoms with Crippen molar-refractivity contribution in [2.75, 3.05) is 7.11 Å². The average molecular weight is 310 g/mol. The highest BCUT2D eigenvalue weighted by atomic mass is 32.1. The topological polar surface area (TPSA) is 58.1 Å². The molecule has 0 unspecified atom stereocenters. The van der Waals surface area contributed by atoms with Crippen LogP contribution in [0.5, 0.6) is 11.5 Å². The molecule has 0 radical (unpaired) electrons. The minimum atomic E-state index is 0.229. The maximum absolute atomic E-state index is 9.39. The molecule has 0 aliphatic rings. The van der Waals surface area contributed by atoms with Gasteiger partial charge in [0, 0.05) is 11.3 Å². The largest absolute Gasteiger partial charge is 0.508 e. The van der Waals surface area contributed by atoms with E-state index in [4.69, 9.17) is 17.0 Å². The SMILES string of the molecule is COc1ccc(-c2cc(-c3ccc(O)cc3)[nH]c(=S)n2)cc1. The zero-order chi connectivity index (χ0) is 15.5. The third-order valence-corrected chi connectivity index (χ3v) is 3.50. The van der Waals surface area contributed by atoms with E-state index < -0.39 is 0 Å². The van der Waals surface area contributed by atoms with Crippen LogP contribution in [0.15, 0.2) is 54.6 Å². The maximum Gasteiger partial charge on any atom is 0.197 e. The molecular weight excluding hydrogens is 296 g/mol. The van der Waals surface area contributed by atoms with E-state index in [1.165, 1.54) is 0 Å². The van der Waals surface area contributed by atoms with Gasteiger partial charge in [-0.05, 0) is 72.4 Å². The van der Waals surface area contributed by atoms with E-state index in [1.54, 1.807) is 19.2 Å². The second kappa shape index (κ2) is 5.99. The van der Waals surface area contributed by atoms with Crippen molar-refractivity contribution in [3.05, 3.63) is 59.4 Å². The van der Waals surface area contributed by atoms with Crippen LogP contribution in [0.1, 0.15) is 0 Å². The first-order valence-corrected chi connectivity index (χ1v) is 7.12. The summed E-state index contributed by atoms with van der Waals surface area (Å²) in [6.07, 6.45) is 0. The quantitative estimate of drug-likeness (QED) is 0.712. The highest BCUT2D eigenvalue weighted by Gasteiger charge is 2.05. The van der Waals surface area contributed by atoms with Crippen molar-refractivity contribution in [3.63, 3.8) is 0 Å². The number of nitrogens with one attached hydrogen (secondary N) is 1. The van der Waals surface area contributed by atoms with Crippen molar-refractivity contribution in [3.8, 4) is 34.0 Å². The molecule has 0 saturated heterocycles.